The Kier molecular flexibility index (Phi) is 4.86. The van der Waals surface area contributed by atoms with E-state index in [1.807, 2.05) is 24.3 Å². The van der Waals surface area contributed by atoms with Crippen molar-refractivity contribution in [3.8, 4) is 0 Å². The summed E-state index contributed by atoms with van der Waals surface area (Å²) in [6, 6.07) is 8.15. The number of para-hydroxylation sites is 1. The van der Waals surface area contributed by atoms with Crippen LogP contribution in [0.25, 0.3) is 38.8 Å². The molecule has 2 aliphatic rings. The fraction of sp³-hybridized carbons (Fsp3) is 0.333. The van der Waals surface area contributed by atoms with Crippen LogP contribution in [0.3, 0.4) is 0 Å². The summed E-state index contributed by atoms with van der Waals surface area (Å²) in [6.45, 7) is 7.41. The van der Waals surface area contributed by atoms with Gasteiger partial charge in [-0.05, 0) is 24.7 Å². The molecule has 7 heteroatoms. The van der Waals surface area contributed by atoms with Gasteiger partial charge < -0.3 is 24.9 Å². The zero-order chi connectivity index (χ0) is 23.6. The second kappa shape index (κ2) is 7.82. The summed E-state index contributed by atoms with van der Waals surface area (Å²) >= 11 is 0. The Hall–Kier alpha value is -3.42. The van der Waals surface area contributed by atoms with Crippen molar-refractivity contribution >= 4 is 50.5 Å². The van der Waals surface area contributed by atoms with Gasteiger partial charge in [0.25, 0.3) is 5.91 Å². The molecule has 2 aromatic heterocycles. The third kappa shape index (κ3) is 2.90. The minimum atomic E-state index is -0.562. The van der Waals surface area contributed by atoms with Crippen molar-refractivity contribution in [3.63, 3.8) is 0 Å². The molecule has 0 radical (unpaired) electrons. The molecule has 0 saturated carbocycles. The third-order valence-corrected chi connectivity index (χ3v) is 7.38. The maximum Gasteiger partial charge on any atom is 0.252 e. The fourth-order valence-electron chi connectivity index (χ4n) is 5.79. The molecule has 0 fully saturated rings. The number of rotatable bonds is 6. The maximum atomic E-state index is 13.0. The number of hydrogen-bond donors (Lipinski definition) is 3. The van der Waals surface area contributed by atoms with E-state index >= 15 is 0 Å². The van der Waals surface area contributed by atoms with Crippen LogP contribution in [-0.2, 0) is 13.1 Å². The number of hydrogen-bond acceptors (Lipinski definition) is 4. The highest BCUT2D eigenvalue weighted by Gasteiger charge is 2.33. The first kappa shape index (κ1) is 21.1. The topological polar surface area (TPSA) is 90.4 Å². The SMILES string of the molecule is CCN(CC)CC(O)Cn1c2ccccc2c2c3c(c4c5c([nH]c4c21)C(=O)CC=C5)C(=O)NC3. The summed E-state index contributed by atoms with van der Waals surface area (Å²) in [4.78, 5) is 31.4. The van der Waals surface area contributed by atoms with Crippen molar-refractivity contribution in [3.05, 3.63) is 52.7 Å². The van der Waals surface area contributed by atoms with Gasteiger partial charge in [-0.15, -0.1) is 0 Å². The number of nitrogens with zero attached hydrogens (tertiary/aromatic N) is 2. The van der Waals surface area contributed by atoms with Crippen LogP contribution in [0.15, 0.2) is 30.3 Å². The van der Waals surface area contributed by atoms with Gasteiger partial charge in [0.15, 0.2) is 5.78 Å². The number of allylic oxidation sites excluding steroid dienone is 1. The van der Waals surface area contributed by atoms with Gasteiger partial charge in [0.05, 0.1) is 34.9 Å². The number of Topliss-reactive ketones (excluding diaryl/α,β-unsaturated/α-hetero) is 1. The van der Waals surface area contributed by atoms with E-state index in [1.165, 1.54) is 0 Å². The van der Waals surface area contributed by atoms with Crippen LogP contribution < -0.4 is 5.32 Å². The molecule has 1 atom stereocenters. The lowest BCUT2D eigenvalue weighted by molar-refractivity contribution is 0.0964. The van der Waals surface area contributed by atoms with Crippen molar-refractivity contribution in [1.29, 1.82) is 0 Å². The van der Waals surface area contributed by atoms with Crippen LogP contribution in [0.2, 0.25) is 0 Å². The number of benzene rings is 2. The number of aliphatic hydroxyl groups excluding tert-OH is 1. The maximum absolute atomic E-state index is 13.0. The van der Waals surface area contributed by atoms with E-state index in [1.54, 1.807) is 0 Å². The summed E-state index contributed by atoms with van der Waals surface area (Å²) in [6.07, 6.45) is 3.61. The Morgan fingerprint density at radius 3 is 2.74 bits per heavy atom. The van der Waals surface area contributed by atoms with Crippen molar-refractivity contribution in [2.75, 3.05) is 19.6 Å². The Morgan fingerprint density at radius 1 is 1.15 bits per heavy atom. The van der Waals surface area contributed by atoms with Gasteiger partial charge in [0, 0.05) is 46.7 Å². The minimum absolute atomic E-state index is 0.0261. The number of fused-ring (bicyclic) bond motifs is 10. The zero-order valence-corrected chi connectivity index (χ0v) is 19.4. The summed E-state index contributed by atoms with van der Waals surface area (Å²) in [5.74, 6) is -0.0771. The molecule has 0 bridgehead atoms. The number of carbonyl (C=O) groups excluding carboxylic acids is 2. The van der Waals surface area contributed by atoms with Crippen molar-refractivity contribution in [1.82, 2.24) is 19.8 Å². The second-order valence-corrected chi connectivity index (χ2v) is 9.22. The standard InChI is InChI=1S/C27H28N4O3/c1-3-30(4-2)13-15(32)14-31-19-10-6-5-8-16(19)21-18-12-28-27(34)23(18)22-17-9-7-11-20(33)24(17)29-25(22)26(21)31/h5-10,15,29,32H,3-4,11-14H2,1-2H3,(H,28,34). The Balaban J connectivity index is 1.70. The van der Waals surface area contributed by atoms with Gasteiger partial charge in [-0.1, -0.05) is 44.2 Å². The number of H-pyrrole nitrogens is 1. The van der Waals surface area contributed by atoms with Gasteiger partial charge >= 0.3 is 0 Å². The minimum Gasteiger partial charge on any atom is -0.390 e. The molecule has 1 aliphatic heterocycles. The first-order valence-electron chi connectivity index (χ1n) is 12.0. The van der Waals surface area contributed by atoms with E-state index in [0.29, 0.717) is 37.3 Å². The van der Waals surface area contributed by atoms with Gasteiger partial charge in [-0.25, -0.2) is 0 Å². The van der Waals surface area contributed by atoms with E-state index in [-0.39, 0.29) is 11.7 Å². The van der Waals surface area contributed by atoms with Gasteiger partial charge in [0.1, 0.15) is 0 Å². The van der Waals surface area contributed by atoms with Crippen LogP contribution in [0, 0.1) is 0 Å². The normalized spacial score (nSPS) is 16.1. The lowest BCUT2D eigenvalue weighted by atomic mass is 9.94. The largest absolute Gasteiger partial charge is 0.390 e. The molecule has 1 aliphatic carbocycles. The van der Waals surface area contributed by atoms with E-state index in [9.17, 15) is 14.7 Å². The fourth-order valence-corrected chi connectivity index (χ4v) is 5.79. The van der Waals surface area contributed by atoms with E-state index in [0.717, 1.165) is 56.9 Å². The monoisotopic (exact) mass is 456 g/mol. The number of carbonyl (C=O) groups is 2. The van der Waals surface area contributed by atoms with Crippen LogP contribution >= 0.6 is 0 Å². The van der Waals surface area contributed by atoms with Crippen molar-refractivity contribution < 1.29 is 14.7 Å². The molecule has 1 unspecified atom stereocenters. The molecule has 3 heterocycles. The van der Waals surface area contributed by atoms with Crippen LogP contribution in [0.4, 0.5) is 0 Å². The first-order chi connectivity index (χ1) is 16.5. The Morgan fingerprint density at radius 2 is 1.94 bits per heavy atom. The number of nitrogens with one attached hydrogen (secondary N) is 2. The number of aromatic amines is 1. The highest BCUT2D eigenvalue weighted by atomic mass is 16.3. The van der Waals surface area contributed by atoms with E-state index in [2.05, 4.69) is 45.7 Å². The molecule has 1 amide bonds. The highest BCUT2D eigenvalue weighted by molar-refractivity contribution is 6.28. The molecular formula is C27H28N4O3. The highest BCUT2D eigenvalue weighted by Crippen LogP contribution is 2.43. The molecule has 174 valence electrons. The van der Waals surface area contributed by atoms with Crippen LogP contribution in [0.1, 0.15) is 52.2 Å². The number of ketones is 1. The Bertz CT molecular complexity index is 1520. The quantitative estimate of drug-likeness (QED) is 0.411. The second-order valence-electron chi connectivity index (χ2n) is 9.22. The number of amides is 1. The number of aliphatic hydroxyl groups is 1. The van der Waals surface area contributed by atoms with Gasteiger partial charge in [-0.2, -0.15) is 0 Å². The van der Waals surface area contributed by atoms with Crippen molar-refractivity contribution in [2.45, 2.75) is 39.5 Å². The molecule has 6 rings (SSSR count). The smallest absolute Gasteiger partial charge is 0.252 e. The zero-order valence-electron chi connectivity index (χ0n) is 19.4. The summed E-state index contributed by atoms with van der Waals surface area (Å²) in [5, 5.41) is 17.0. The summed E-state index contributed by atoms with van der Waals surface area (Å²) in [7, 11) is 0. The number of aromatic nitrogens is 2. The molecule has 3 N–H and O–H groups in total. The molecule has 4 aromatic rings. The average molecular weight is 457 g/mol. The molecular weight excluding hydrogens is 428 g/mol. The molecule has 0 saturated heterocycles. The third-order valence-electron chi connectivity index (χ3n) is 7.38. The van der Waals surface area contributed by atoms with Crippen molar-refractivity contribution in [2.24, 2.45) is 0 Å². The summed E-state index contributed by atoms with van der Waals surface area (Å²) in [5.41, 5.74) is 5.73. The van der Waals surface area contributed by atoms with Crippen LogP contribution in [-0.4, -0.2) is 57.0 Å². The van der Waals surface area contributed by atoms with Gasteiger partial charge in [-0.3, -0.25) is 9.59 Å². The average Bonchev–Trinajstić information content (AvgIpc) is 3.50. The van der Waals surface area contributed by atoms with E-state index < -0.39 is 6.10 Å². The molecule has 0 spiro atoms. The van der Waals surface area contributed by atoms with Gasteiger partial charge in [0.2, 0.25) is 0 Å². The predicted molar refractivity (Wildman–Crippen MR) is 134 cm³/mol. The number of likely N-dealkylation sites (N-methyl/N-ethyl adjacent to an activating group) is 1. The molecule has 34 heavy (non-hydrogen) atoms. The lowest BCUT2D eigenvalue weighted by Crippen LogP contribution is -2.34. The molecule has 2 aromatic carbocycles. The lowest BCUT2D eigenvalue weighted by Gasteiger charge is -2.23. The summed E-state index contributed by atoms with van der Waals surface area (Å²) < 4.78 is 2.17. The first-order valence-corrected chi connectivity index (χ1v) is 12.0. The van der Waals surface area contributed by atoms with Crippen LogP contribution in [0.5, 0.6) is 0 Å². The molecule has 7 nitrogen and oxygen atoms in total. The predicted octanol–water partition coefficient (Wildman–Crippen LogP) is 3.82. The van der Waals surface area contributed by atoms with E-state index in [4.69, 9.17) is 0 Å². The Labute approximate surface area is 197 Å².